The van der Waals surface area contributed by atoms with Crippen molar-refractivity contribution in [3.63, 3.8) is 0 Å². The number of hydrogen-bond donors (Lipinski definition) is 2. The number of nitrogens with zero attached hydrogens (tertiary/aromatic N) is 4. The predicted octanol–water partition coefficient (Wildman–Crippen LogP) is 1.39. The highest BCUT2D eigenvalue weighted by molar-refractivity contribution is 5.81. The molecule has 1 amide bonds. The van der Waals surface area contributed by atoms with Crippen molar-refractivity contribution >= 4 is 22.8 Å². The van der Waals surface area contributed by atoms with E-state index in [1.54, 1.807) is 0 Å². The summed E-state index contributed by atoms with van der Waals surface area (Å²) in [5.74, 6) is 0. The summed E-state index contributed by atoms with van der Waals surface area (Å²) in [6, 6.07) is 4.04. The number of anilines is 1. The van der Waals surface area contributed by atoms with Crippen LogP contribution in [0.15, 0.2) is 18.3 Å². The molecule has 1 fully saturated rings. The lowest BCUT2D eigenvalue weighted by Crippen LogP contribution is -2.60. The number of aromatic nitrogens is 2. The first-order valence-corrected chi connectivity index (χ1v) is 7.30. The highest BCUT2D eigenvalue weighted by atomic mass is 16.4. The number of pyridine rings is 1. The van der Waals surface area contributed by atoms with Gasteiger partial charge in [-0.3, -0.25) is 0 Å². The fourth-order valence-electron chi connectivity index (χ4n) is 2.86. The second-order valence-corrected chi connectivity index (χ2v) is 5.96. The number of hydrogen-bond acceptors (Lipinski definition) is 4. The molecule has 0 saturated carbocycles. The third-order valence-electron chi connectivity index (χ3n) is 4.37. The summed E-state index contributed by atoms with van der Waals surface area (Å²) in [5.41, 5.74) is 9.87. The van der Waals surface area contributed by atoms with E-state index in [4.69, 9.17) is 15.8 Å². The topological polar surface area (TPSA) is 87.6 Å². The van der Waals surface area contributed by atoms with Crippen LogP contribution in [0.5, 0.6) is 0 Å². The van der Waals surface area contributed by atoms with Crippen molar-refractivity contribution in [2.45, 2.75) is 19.0 Å². The molecule has 0 spiro atoms. The smallest absolute Gasteiger partial charge is 0.407 e. The average molecular weight is 303 g/mol. The zero-order chi connectivity index (χ0) is 16.0. The standard InChI is InChI=1S/C15H21N5O2/c1-9(16)14-13(6-12-11(17-14)4-5-18(12)2)19(3)10-7-20(8-10)15(21)22/h4-6,9-10H,7-8,16H2,1-3H3,(H,21,22)/t9-/m0/s1. The van der Waals surface area contributed by atoms with Gasteiger partial charge in [0, 0.05) is 39.4 Å². The number of likely N-dealkylation sites (N-methyl/N-ethyl adjacent to an activating group) is 1. The Morgan fingerprint density at radius 1 is 1.55 bits per heavy atom. The Labute approximate surface area is 128 Å². The Morgan fingerprint density at radius 2 is 2.23 bits per heavy atom. The summed E-state index contributed by atoms with van der Waals surface area (Å²) in [4.78, 5) is 19.1. The molecule has 3 N–H and O–H groups in total. The van der Waals surface area contributed by atoms with Crippen molar-refractivity contribution in [2.75, 3.05) is 25.0 Å². The lowest BCUT2D eigenvalue weighted by molar-refractivity contribution is 0.105. The van der Waals surface area contributed by atoms with Crippen LogP contribution in [-0.2, 0) is 7.05 Å². The zero-order valence-corrected chi connectivity index (χ0v) is 13.0. The van der Waals surface area contributed by atoms with Crippen molar-refractivity contribution < 1.29 is 9.90 Å². The van der Waals surface area contributed by atoms with Gasteiger partial charge in [0.2, 0.25) is 0 Å². The third kappa shape index (κ3) is 2.27. The fourth-order valence-corrected chi connectivity index (χ4v) is 2.86. The molecule has 1 aliphatic rings. The van der Waals surface area contributed by atoms with Crippen LogP contribution >= 0.6 is 0 Å². The quantitative estimate of drug-likeness (QED) is 0.894. The van der Waals surface area contributed by atoms with Crippen LogP contribution < -0.4 is 10.6 Å². The van der Waals surface area contributed by atoms with Gasteiger partial charge in [0.1, 0.15) is 0 Å². The molecule has 1 saturated heterocycles. The Bertz CT molecular complexity index is 718. The minimum absolute atomic E-state index is 0.160. The van der Waals surface area contributed by atoms with E-state index in [-0.39, 0.29) is 12.1 Å². The fraction of sp³-hybridized carbons (Fsp3) is 0.467. The summed E-state index contributed by atoms with van der Waals surface area (Å²) in [7, 11) is 3.95. The molecule has 7 nitrogen and oxygen atoms in total. The molecule has 3 heterocycles. The molecule has 2 aromatic rings. The van der Waals surface area contributed by atoms with Crippen LogP contribution in [0, 0.1) is 0 Å². The summed E-state index contributed by atoms with van der Waals surface area (Å²) in [6.45, 7) is 2.93. The molecule has 22 heavy (non-hydrogen) atoms. The van der Waals surface area contributed by atoms with Gasteiger partial charge in [-0.1, -0.05) is 0 Å². The maximum absolute atomic E-state index is 10.9. The minimum Gasteiger partial charge on any atom is -0.465 e. The molecule has 0 aliphatic carbocycles. The Morgan fingerprint density at radius 3 is 2.82 bits per heavy atom. The average Bonchev–Trinajstić information content (AvgIpc) is 2.76. The van der Waals surface area contributed by atoms with Gasteiger partial charge in [-0.05, 0) is 19.1 Å². The molecular formula is C15H21N5O2. The number of carbonyl (C=O) groups is 1. The largest absolute Gasteiger partial charge is 0.465 e. The normalized spacial score (nSPS) is 16.6. The lowest BCUT2D eigenvalue weighted by Gasteiger charge is -2.43. The van der Waals surface area contributed by atoms with Gasteiger partial charge in [-0.15, -0.1) is 0 Å². The number of amides is 1. The van der Waals surface area contributed by atoms with Crippen LogP contribution in [0.1, 0.15) is 18.7 Å². The van der Waals surface area contributed by atoms with Gasteiger partial charge in [-0.25, -0.2) is 9.78 Å². The van der Waals surface area contributed by atoms with E-state index in [2.05, 4.69) is 11.0 Å². The summed E-state index contributed by atoms with van der Waals surface area (Å²) in [6.07, 6.45) is 1.11. The molecule has 1 aliphatic heterocycles. The highest BCUT2D eigenvalue weighted by Crippen LogP contribution is 2.30. The van der Waals surface area contributed by atoms with Crippen LogP contribution in [0.3, 0.4) is 0 Å². The van der Waals surface area contributed by atoms with Crippen LogP contribution in [0.25, 0.3) is 11.0 Å². The van der Waals surface area contributed by atoms with Crippen LogP contribution in [-0.4, -0.2) is 51.8 Å². The van der Waals surface area contributed by atoms with E-state index in [0.717, 1.165) is 22.4 Å². The molecular weight excluding hydrogens is 282 g/mol. The van der Waals surface area contributed by atoms with Crippen molar-refractivity contribution in [3.8, 4) is 0 Å². The SMILES string of the molecule is C[C@H](N)c1nc2ccn(C)c2cc1N(C)C1CN(C(=O)O)C1. The van der Waals surface area contributed by atoms with Crippen molar-refractivity contribution in [2.24, 2.45) is 12.8 Å². The molecule has 0 bridgehead atoms. The molecule has 1 atom stereocenters. The first kappa shape index (κ1) is 14.6. The summed E-state index contributed by atoms with van der Waals surface area (Å²) >= 11 is 0. The Balaban J connectivity index is 1.96. The Hall–Kier alpha value is -2.28. The van der Waals surface area contributed by atoms with Gasteiger partial charge in [0.25, 0.3) is 0 Å². The van der Waals surface area contributed by atoms with Crippen molar-refractivity contribution in [1.82, 2.24) is 14.5 Å². The molecule has 0 unspecified atom stereocenters. The van der Waals surface area contributed by atoms with E-state index in [9.17, 15) is 4.79 Å². The maximum Gasteiger partial charge on any atom is 0.407 e. The number of likely N-dealkylation sites (tertiary alicyclic amines) is 1. The van der Waals surface area contributed by atoms with Crippen molar-refractivity contribution in [1.29, 1.82) is 0 Å². The molecule has 118 valence electrons. The minimum atomic E-state index is -0.868. The van der Waals surface area contributed by atoms with E-state index in [1.807, 2.05) is 37.8 Å². The second kappa shape index (κ2) is 5.17. The summed E-state index contributed by atoms with van der Waals surface area (Å²) in [5, 5.41) is 8.97. The van der Waals surface area contributed by atoms with Gasteiger partial charge in [-0.2, -0.15) is 0 Å². The molecule has 0 aromatic carbocycles. The van der Waals surface area contributed by atoms with Gasteiger partial charge in [0.05, 0.1) is 28.5 Å². The number of carboxylic acid groups (broad SMARTS) is 1. The van der Waals surface area contributed by atoms with Gasteiger partial charge in [0.15, 0.2) is 0 Å². The number of aryl methyl sites for hydroxylation is 1. The number of fused-ring (bicyclic) bond motifs is 1. The first-order valence-electron chi connectivity index (χ1n) is 7.30. The second-order valence-electron chi connectivity index (χ2n) is 5.96. The van der Waals surface area contributed by atoms with Crippen molar-refractivity contribution in [3.05, 3.63) is 24.0 Å². The molecule has 2 aromatic heterocycles. The van der Waals surface area contributed by atoms with Gasteiger partial charge < -0.3 is 25.2 Å². The monoisotopic (exact) mass is 303 g/mol. The highest BCUT2D eigenvalue weighted by Gasteiger charge is 2.34. The number of nitrogens with two attached hydrogens (primary N) is 1. The lowest BCUT2D eigenvalue weighted by atomic mass is 10.1. The third-order valence-corrected chi connectivity index (χ3v) is 4.37. The van der Waals surface area contributed by atoms with Crippen LogP contribution in [0.2, 0.25) is 0 Å². The zero-order valence-electron chi connectivity index (χ0n) is 13.0. The molecule has 7 heteroatoms. The summed E-state index contributed by atoms with van der Waals surface area (Å²) < 4.78 is 2.02. The molecule has 0 radical (unpaired) electrons. The van der Waals surface area contributed by atoms with E-state index in [1.165, 1.54) is 4.90 Å². The number of rotatable bonds is 3. The van der Waals surface area contributed by atoms with E-state index >= 15 is 0 Å². The maximum atomic E-state index is 10.9. The predicted molar refractivity (Wildman–Crippen MR) is 85.1 cm³/mol. The van der Waals surface area contributed by atoms with E-state index in [0.29, 0.717) is 13.1 Å². The molecule has 3 rings (SSSR count). The first-order chi connectivity index (χ1) is 10.4. The van der Waals surface area contributed by atoms with Crippen LogP contribution in [0.4, 0.5) is 10.5 Å². The van der Waals surface area contributed by atoms with E-state index < -0.39 is 6.09 Å². The Kier molecular flexibility index (Phi) is 3.44. The van der Waals surface area contributed by atoms with Gasteiger partial charge >= 0.3 is 6.09 Å².